The van der Waals surface area contributed by atoms with Gasteiger partial charge in [0.1, 0.15) is 11.6 Å². The molecule has 0 aliphatic heterocycles. The molecule has 0 saturated heterocycles. The number of rotatable bonds is 19. The fourth-order valence-electron chi connectivity index (χ4n) is 5.04. The molecular weight excluding hydrogens is 458 g/mol. The van der Waals surface area contributed by atoms with E-state index in [4.69, 9.17) is 9.72 Å². The van der Waals surface area contributed by atoms with Gasteiger partial charge in [0.15, 0.2) is 0 Å². The number of aromatic nitrogens is 2. The van der Waals surface area contributed by atoms with E-state index in [-0.39, 0.29) is 5.91 Å². The summed E-state index contributed by atoms with van der Waals surface area (Å²) in [6.45, 7) is 4.01. The Balaban J connectivity index is 1.37. The third-order valence-corrected chi connectivity index (χ3v) is 7.18. The van der Waals surface area contributed by atoms with Crippen molar-refractivity contribution in [3.63, 3.8) is 0 Å². The minimum atomic E-state index is -0.0734. The molecular formula is C32H47N3O2. The molecule has 0 radical (unpaired) electrons. The van der Waals surface area contributed by atoms with Crippen LogP contribution < -0.4 is 10.1 Å². The number of carbonyl (C=O) groups excluding carboxylic acids is 1. The average molecular weight is 506 g/mol. The van der Waals surface area contributed by atoms with Crippen molar-refractivity contribution < 1.29 is 9.53 Å². The number of para-hydroxylation sites is 3. The van der Waals surface area contributed by atoms with E-state index >= 15 is 0 Å². The van der Waals surface area contributed by atoms with Gasteiger partial charge in [0, 0.05) is 19.5 Å². The van der Waals surface area contributed by atoms with E-state index in [1.54, 1.807) is 13.2 Å². The zero-order chi connectivity index (χ0) is 26.1. The van der Waals surface area contributed by atoms with Gasteiger partial charge in [0.05, 0.1) is 23.7 Å². The normalized spacial score (nSPS) is 11.2. The molecule has 1 aromatic heterocycles. The summed E-state index contributed by atoms with van der Waals surface area (Å²) < 4.78 is 7.74. The summed E-state index contributed by atoms with van der Waals surface area (Å²) in [5.74, 6) is 1.74. The minimum absolute atomic E-state index is 0.0734. The van der Waals surface area contributed by atoms with E-state index in [1.165, 1.54) is 75.5 Å². The molecule has 0 spiro atoms. The van der Waals surface area contributed by atoms with Gasteiger partial charge in [-0.3, -0.25) is 4.79 Å². The average Bonchev–Trinajstić information content (AvgIpc) is 3.28. The molecule has 0 unspecified atom stereocenters. The van der Waals surface area contributed by atoms with Gasteiger partial charge in [-0.2, -0.15) is 0 Å². The van der Waals surface area contributed by atoms with Crippen molar-refractivity contribution in [1.29, 1.82) is 0 Å². The quantitative estimate of drug-likeness (QED) is 0.167. The largest absolute Gasteiger partial charge is 0.496 e. The number of nitrogens with one attached hydrogen (secondary N) is 1. The number of carbonyl (C=O) groups is 1. The highest BCUT2D eigenvalue weighted by molar-refractivity contribution is 5.96. The van der Waals surface area contributed by atoms with Crippen LogP contribution in [0.3, 0.4) is 0 Å². The van der Waals surface area contributed by atoms with E-state index in [2.05, 4.69) is 41.1 Å². The first-order valence-corrected chi connectivity index (χ1v) is 14.6. The summed E-state index contributed by atoms with van der Waals surface area (Å²) >= 11 is 0. The highest BCUT2D eigenvalue weighted by Gasteiger charge is 2.12. The Kier molecular flexibility index (Phi) is 13.1. The Bertz CT molecular complexity index is 1060. The minimum Gasteiger partial charge on any atom is -0.496 e. The summed E-state index contributed by atoms with van der Waals surface area (Å²) in [6.07, 6.45) is 17.6. The van der Waals surface area contributed by atoms with Crippen LogP contribution in [0.25, 0.3) is 11.0 Å². The van der Waals surface area contributed by atoms with Crippen LogP contribution in [0.15, 0.2) is 48.5 Å². The summed E-state index contributed by atoms with van der Waals surface area (Å²) in [4.78, 5) is 17.4. The van der Waals surface area contributed by atoms with Gasteiger partial charge in [0.25, 0.3) is 5.91 Å². The Morgan fingerprint density at radius 1 is 0.811 bits per heavy atom. The van der Waals surface area contributed by atoms with Gasteiger partial charge >= 0.3 is 0 Å². The first-order valence-electron chi connectivity index (χ1n) is 14.6. The molecule has 1 amide bonds. The zero-order valence-corrected chi connectivity index (χ0v) is 23.1. The molecule has 0 fully saturated rings. The molecule has 0 aliphatic carbocycles. The lowest BCUT2D eigenvalue weighted by Crippen LogP contribution is -2.24. The first kappa shape index (κ1) is 28.7. The third-order valence-electron chi connectivity index (χ3n) is 7.18. The molecule has 0 bridgehead atoms. The summed E-state index contributed by atoms with van der Waals surface area (Å²) in [6, 6.07) is 15.9. The molecule has 5 nitrogen and oxygen atoms in total. The van der Waals surface area contributed by atoms with Crippen molar-refractivity contribution in [3.8, 4) is 5.75 Å². The SMILES string of the molecule is CCCCCCCCCCCCn1c(CCCCCNC(=O)c2ccccc2OC)nc2ccccc21. The van der Waals surface area contributed by atoms with Gasteiger partial charge in [-0.1, -0.05) is 95.4 Å². The molecule has 0 aliphatic rings. The number of unbranched alkanes of at least 4 members (excludes halogenated alkanes) is 11. The Morgan fingerprint density at radius 2 is 1.46 bits per heavy atom. The van der Waals surface area contributed by atoms with Crippen molar-refractivity contribution in [2.75, 3.05) is 13.7 Å². The number of ether oxygens (including phenoxy) is 1. The van der Waals surface area contributed by atoms with Crippen LogP contribution >= 0.6 is 0 Å². The Hall–Kier alpha value is -2.82. The lowest BCUT2D eigenvalue weighted by atomic mass is 10.1. The van der Waals surface area contributed by atoms with Gasteiger partial charge in [-0.15, -0.1) is 0 Å². The monoisotopic (exact) mass is 505 g/mol. The van der Waals surface area contributed by atoms with E-state index < -0.39 is 0 Å². The fraction of sp³-hybridized carbons (Fsp3) is 0.562. The van der Waals surface area contributed by atoms with Gasteiger partial charge in [-0.25, -0.2) is 4.98 Å². The lowest BCUT2D eigenvalue weighted by Gasteiger charge is -2.10. The van der Waals surface area contributed by atoms with Gasteiger partial charge in [-0.05, 0) is 43.5 Å². The molecule has 202 valence electrons. The maximum Gasteiger partial charge on any atom is 0.255 e. The number of benzene rings is 2. The number of imidazole rings is 1. The summed E-state index contributed by atoms with van der Waals surface area (Å²) in [7, 11) is 1.59. The summed E-state index contributed by atoms with van der Waals surface area (Å²) in [5.41, 5.74) is 2.96. The van der Waals surface area contributed by atoms with Crippen LogP contribution in [0.5, 0.6) is 5.75 Å². The second kappa shape index (κ2) is 16.8. The molecule has 0 atom stereocenters. The maximum absolute atomic E-state index is 12.5. The van der Waals surface area contributed by atoms with Gasteiger partial charge < -0.3 is 14.6 Å². The van der Waals surface area contributed by atoms with Crippen LogP contribution in [0.1, 0.15) is 107 Å². The van der Waals surface area contributed by atoms with Gasteiger partial charge in [0.2, 0.25) is 0 Å². The highest BCUT2D eigenvalue weighted by Crippen LogP contribution is 2.20. The molecule has 1 heterocycles. The Morgan fingerprint density at radius 3 is 2.22 bits per heavy atom. The maximum atomic E-state index is 12.5. The Labute approximate surface area is 224 Å². The molecule has 2 aromatic carbocycles. The van der Waals surface area contributed by atoms with Crippen molar-refractivity contribution in [2.24, 2.45) is 0 Å². The smallest absolute Gasteiger partial charge is 0.255 e. The number of aryl methyl sites for hydroxylation is 2. The van der Waals surface area contributed by atoms with Crippen molar-refractivity contribution >= 4 is 16.9 Å². The topological polar surface area (TPSA) is 56.2 Å². The molecule has 5 heteroatoms. The van der Waals surface area contributed by atoms with Crippen LogP contribution in [0, 0.1) is 0 Å². The number of hydrogen-bond donors (Lipinski definition) is 1. The molecule has 3 rings (SSSR count). The van der Waals surface area contributed by atoms with Crippen LogP contribution in [-0.2, 0) is 13.0 Å². The van der Waals surface area contributed by atoms with Crippen LogP contribution in [0.2, 0.25) is 0 Å². The number of amides is 1. The van der Waals surface area contributed by atoms with E-state index in [0.29, 0.717) is 17.9 Å². The number of methoxy groups -OCH3 is 1. The number of hydrogen-bond acceptors (Lipinski definition) is 3. The standard InChI is InChI=1S/C32H47N3O2/c1-3-4-5-6-7-8-9-10-11-19-26-35-29-22-16-15-21-28(29)34-31(35)24-13-12-18-25-33-32(36)27-20-14-17-23-30(27)37-2/h14-17,20-23H,3-13,18-19,24-26H2,1-2H3,(H,33,36). The zero-order valence-electron chi connectivity index (χ0n) is 23.1. The number of nitrogens with zero attached hydrogens (tertiary/aromatic N) is 2. The van der Waals surface area contributed by atoms with E-state index in [9.17, 15) is 4.79 Å². The number of fused-ring (bicyclic) bond motifs is 1. The first-order chi connectivity index (χ1) is 18.2. The predicted molar refractivity (Wildman–Crippen MR) is 154 cm³/mol. The second-order valence-electron chi connectivity index (χ2n) is 10.1. The van der Waals surface area contributed by atoms with Crippen molar-refractivity contribution in [2.45, 2.75) is 103 Å². The molecule has 0 saturated carbocycles. The fourth-order valence-corrected chi connectivity index (χ4v) is 5.04. The molecule has 1 N–H and O–H groups in total. The lowest BCUT2D eigenvalue weighted by molar-refractivity contribution is 0.0950. The molecule has 37 heavy (non-hydrogen) atoms. The van der Waals surface area contributed by atoms with Crippen molar-refractivity contribution in [1.82, 2.24) is 14.9 Å². The molecule has 3 aromatic rings. The summed E-state index contributed by atoms with van der Waals surface area (Å²) in [5, 5.41) is 3.03. The third kappa shape index (κ3) is 9.53. The van der Waals surface area contributed by atoms with Crippen LogP contribution in [-0.4, -0.2) is 29.1 Å². The van der Waals surface area contributed by atoms with E-state index in [1.807, 2.05) is 18.2 Å². The van der Waals surface area contributed by atoms with Crippen LogP contribution in [0.4, 0.5) is 0 Å². The van der Waals surface area contributed by atoms with Crippen molar-refractivity contribution in [3.05, 3.63) is 59.9 Å². The second-order valence-corrected chi connectivity index (χ2v) is 10.1. The predicted octanol–water partition coefficient (Wildman–Crippen LogP) is 8.11. The highest BCUT2D eigenvalue weighted by atomic mass is 16.5. The van der Waals surface area contributed by atoms with E-state index in [0.717, 1.165) is 37.7 Å².